The zero-order valence-electron chi connectivity index (χ0n) is 18.1. The first kappa shape index (κ1) is 24.2. The van der Waals surface area contributed by atoms with Gasteiger partial charge in [-0.25, -0.2) is 0 Å². The molecule has 5 N–H and O–H groups in total. The van der Waals surface area contributed by atoms with Crippen molar-refractivity contribution in [2.45, 2.75) is 37.8 Å². The Bertz CT molecular complexity index is 932. The zero-order valence-corrected chi connectivity index (χ0v) is 18.8. The van der Waals surface area contributed by atoms with Crippen LogP contribution in [0.15, 0.2) is 18.2 Å². The maximum atomic E-state index is 13.1. The molecule has 0 spiro atoms. The van der Waals surface area contributed by atoms with Crippen LogP contribution in [0.5, 0.6) is 0 Å². The Morgan fingerprint density at radius 1 is 1.39 bits per heavy atom. The number of nitrogens with zero attached hydrogens (tertiary/aromatic N) is 2. The number of hydrogen-bond acceptors (Lipinski definition) is 6. The lowest BCUT2D eigenvalue weighted by Crippen LogP contribution is -2.62. The molecule has 11 heteroatoms. The SMILES string of the molecule is N#CC1(C(=O)NCC2CNC(c3ccc(C(F)(F)F)c(Cl)c3)NC2N2CCC(CN)C2)CC1. The second kappa shape index (κ2) is 9.39. The van der Waals surface area contributed by atoms with Crippen molar-refractivity contribution in [1.82, 2.24) is 20.9 Å². The number of alkyl halides is 3. The smallest absolute Gasteiger partial charge is 0.354 e. The first-order chi connectivity index (χ1) is 15.7. The highest BCUT2D eigenvalue weighted by Gasteiger charge is 2.51. The molecule has 1 amide bonds. The molecule has 33 heavy (non-hydrogen) atoms. The lowest BCUT2D eigenvalue weighted by molar-refractivity contribution is -0.137. The van der Waals surface area contributed by atoms with Gasteiger partial charge in [-0.3, -0.25) is 20.3 Å². The van der Waals surface area contributed by atoms with Crippen LogP contribution in [0.1, 0.15) is 36.6 Å². The molecule has 0 aromatic heterocycles. The Kier molecular flexibility index (Phi) is 6.90. The summed E-state index contributed by atoms with van der Waals surface area (Å²) in [7, 11) is 0. The normalized spacial score (nSPS) is 29.5. The summed E-state index contributed by atoms with van der Waals surface area (Å²) in [5.74, 6) is 0.145. The summed E-state index contributed by atoms with van der Waals surface area (Å²) < 4.78 is 39.3. The van der Waals surface area contributed by atoms with E-state index in [0.717, 1.165) is 25.6 Å². The molecule has 1 saturated carbocycles. The Hall–Kier alpha value is -1.90. The molecule has 0 bridgehead atoms. The molecule has 0 radical (unpaired) electrons. The van der Waals surface area contributed by atoms with Gasteiger partial charge in [-0.15, -0.1) is 0 Å². The molecule has 180 valence electrons. The average molecular weight is 485 g/mol. The van der Waals surface area contributed by atoms with E-state index in [0.29, 0.717) is 44.0 Å². The monoisotopic (exact) mass is 484 g/mol. The summed E-state index contributed by atoms with van der Waals surface area (Å²) in [6.07, 6.45) is -2.89. The van der Waals surface area contributed by atoms with Gasteiger partial charge in [-0.1, -0.05) is 17.7 Å². The Labute approximate surface area is 195 Å². The van der Waals surface area contributed by atoms with Gasteiger partial charge in [0, 0.05) is 32.1 Å². The third-order valence-electron chi connectivity index (χ3n) is 6.97. The van der Waals surface area contributed by atoms with Gasteiger partial charge in [0.25, 0.3) is 0 Å². The van der Waals surface area contributed by atoms with Crippen molar-refractivity contribution in [1.29, 1.82) is 5.26 Å². The van der Waals surface area contributed by atoms with Crippen molar-refractivity contribution in [3.63, 3.8) is 0 Å². The van der Waals surface area contributed by atoms with Crippen LogP contribution in [-0.2, 0) is 11.0 Å². The second-order valence-corrected chi connectivity index (χ2v) is 9.65. The predicted octanol–water partition coefficient (Wildman–Crippen LogP) is 2.19. The molecule has 4 rings (SSSR count). The fourth-order valence-corrected chi connectivity index (χ4v) is 5.00. The fraction of sp³-hybridized carbons (Fsp3) is 0.636. The number of amides is 1. The van der Waals surface area contributed by atoms with Crippen LogP contribution in [0.3, 0.4) is 0 Å². The average Bonchev–Trinajstić information content (AvgIpc) is 3.45. The van der Waals surface area contributed by atoms with Crippen molar-refractivity contribution in [3.05, 3.63) is 34.3 Å². The van der Waals surface area contributed by atoms with Gasteiger partial charge in [0.2, 0.25) is 5.91 Å². The summed E-state index contributed by atoms with van der Waals surface area (Å²) in [6.45, 7) is 3.15. The molecule has 4 unspecified atom stereocenters. The lowest BCUT2D eigenvalue weighted by atomic mass is 9.98. The maximum absolute atomic E-state index is 13.1. The van der Waals surface area contributed by atoms with Crippen LogP contribution < -0.4 is 21.7 Å². The maximum Gasteiger partial charge on any atom is 0.417 e. The molecular weight excluding hydrogens is 457 g/mol. The molecule has 7 nitrogen and oxygen atoms in total. The van der Waals surface area contributed by atoms with E-state index < -0.39 is 23.3 Å². The summed E-state index contributed by atoms with van der Waals surface area (Å²) >= 11 is 5.94. The quantitative estimate of drug-likeness (QED) is 0.493. The van der Waals surface area contributed by atoms with Crippen LogP contribution in [0.25, 0.3) is 0 Å². The van der Waals surface area contributed by atoms with Crippen LogP contribution >= 0.6 is 11.6 Å². The van der Waals surface area contributed by atoms with Crippen molar-refractivity contribution in [2.75, 3.05) is 32.7 Å². The number of nitriles is 1. The predicted molar refractivity (Wildman–Crippen MR) is 117 cm³/mol. The number of benzene rings is 1. The molecule has 4 atom stereocenters. The third kappa shape index (κ3) is 5.12. The molecule has 1 aromatic carbocycles. The van der Waals surface area contributed by atoms with Crippen LogP contribution in [0, 0.1) is 28.6 Å². The lowest BCUT2D eigenvalue weighted by Gasteiger charge is -2.43. The minimum absolute atomic E-state index is 0.00105. The van der Waals surface area contributed by atoms with E-state index in [-0.39, 0.29) is 23.0 Å². The van der Waals surface area contributed by atoms with Gasteiger partial charge in [0.1, 0.15) is 5.41 Å². The van der Waals surface area contributed by atoms with Crippen LogP contribution in [0.4, 0.5) is 13.2 Å². The van der Waals surface area contributed by atoms with Gasteiger partial charge >= 0.3 is 6.18 Å². The molecule has 2 heterocycles. The Morgan fingerprint density at radius 3 is 2.73 bits per heavy atom. The highest BCUT2D eigenvalue weighted by Crippen LogP contribution is 2.45. The molecule has 3 aliphatic rings. The van der Waals surface area contributed by atoms with E-state index in [2.05, 4.69) is 26.9 Å². The van der Waals surface area contributed by atoms with Crippen molar-refractivity contribution < 1.29 is 18.0 Å². The van der Waals surface area contributed by atoms with E-state index in [1.807, 2.05) is 0 Å². The molecule has 3 fully saturated rings. The number of nitrogens with two attached hydrogens (primary N) is 1. The standard InChI is InChI=1S/C22H28ClF3N6O/c23-17-7-14(1-2-16(17)22(24,25)26)18-29-9-15(10-30-20(33)21(12-28)4-5-21)19(31-18)32-6-3-13(8-27)11-32/h1-2,7,13,15,18-19,29,31H,3-6,8-11,27H2,(H,30,33). The third-order valence-corrected chi connectivity index (χ3v) is 7.28. The number of likely N-dealkylation sites (tertiary alicyclic amines) is 1. The van der Waals surface area contributed by atoms with Gasteiger partial charge in [-0.05, 0) is 49.4 Å². The topological polar surface area (TPSA) is 106 Å². The molecule has 1 aromatic rings. The number of carbonyl (C=O) groups is 1. The number of halogens is 4. The fourth-order valence-electron chi connectivity index (χ4n) is 4.70. The van der Waals surface area contributed by atoms with Crippen molar-refractivity contribution >= 4 is 17.5 Å². The van der Waals surface area contributed by atoms with Gasteiger partial charge in [0.15, 0.2) is 0 Å². The Balaban J connectivity index is 1.48. The number of rotatable bonds is 6. The van der Waals surface area contributed by atoms with E-state index in [1.54, 1.807) is 0 Å². The second-order valence-electron chi connectivity index (χ2n) is 9.24. The molecule has 1 aliphatic carbocycles. The highest BCUT2D eigenvalue weighted by molar-refractivity contribution is 6.31. The van der Waals surface area contributed by atoms with Crippen molar-refractivity contribution in [3.8, 4) is 6.07 Å². The van der Waals surface area contributed by atoms with E-state index in [9.17, 15) is 23.2 Å². The summed E-state index contributed by atoms with van der Waals surface area (Å²) in [6, 6.07) is 5.87. The van der Waals surface area contributed by atoms with E-state index in [1.165, 1.54) is 12.1 Å². The number of nitrogens with one attached hydrogen (secondary N) is 3. The van der Waals surface area contributed by atoms with Gasteiger partial charge < -0.3 is 11.1 Å². The zero-order chi connectivity index (χ0) is 23.8. The van der Waals surface area contributed by atoms with Gasteiger partial charge in [-0.2, -0.15) is 18.4 Å². The first-order valence-corrected chi connectivity index (χ1v) is 11.5. The van der Waals surface area contributed by atoms with Crippen molar-refractivity contribution in [2.24, 2.45) is 23.0 Å². The molecular formula is C22H28ClF3N6O. The highest BCUT2D eigenvalue weighted by atomic mass is 35.5. The Morgan fingerprint density at radius 2 is 2.15 bits per heavy atom. The molecule has 2 saturated heterocycles. The van der Waals surface area contributed by atoms with Crippen LogP contribution in [0.2, 0.25) is 5.02 Å². The summed E-state index contributed by atoms with van der Waals surface area (Å²) in [5.41, 5.74) is 4.72. The molecule has 2 aliphatic heterocycles. The first-order valence-electron chi connectivity index (χ1n) is 11.2. The van der Waals surface area contributed by atoms with Crippen LogP contribution in [-0.4, -0.2) is 49.7 Å². The summed E-state index contributed by atoms with van der Waals surface area (Å²) in [4.78, 5) is 14.7. The van der Waals surface area contributed by atoms with Gasteiger partial charge in [0.05, 0.1) is 29.0 Å². The van der Waals surface area contributed by atoms with E-state index in [4.69, 9.17) is 17.3 Å². The summed E-state index contributed by atoms with van der Waals surface area (Å²) in [5, 5.41) is 18.7. The number of hydrogen-bond donors (Lipinski definition) is 4. The number of carbonyl (C=O) groups excluding carboxylic acids is 1. The van der Waals surface area contributed by atoms with E-state index >= 15 is 0 Å². The minimum Gasteiger partial charge on any atom is -0.354 e. The largest absolute Gasteiger partial charge is 0.417 e. The minimum atomic E-state index is -4.51.